The molecule has 0 saturated carbocycles. The fraction of sp³-hybridized carbons (Fsp3) is 0.286. The molecule has 1 unspecified atom stereocenters. The van der Waals surface area contributed by atoms with Gasteiger partial charge in [-0.3, -0.25) is 4.79 Å². The number of carbonyl (C=O) groups excluding carboxylic acids is 1. The lowest BCUT2D eigenvalue weighted by atomic mass is 10.2. The average molecular weight is 318 g/mol. The van der Waals surface area contributed by atoms with Gasteiger partial charge in [0.25, 0.3) is 0 Å². The third-order valence-electron chi connectivity index (χ3n) is 2.92. The molecule has 1 aromatic carbocycles. The minimum absolute atomic E-state index is 0.0218. The maximum atomic E-state index is 12.4. The third-order valence-corrected chi connectivity index (χ3v) is 3.87. The smallest absolute Gasteiger partial charge is 0.235 e. The monoisotopic (exact) mass is 318 g/mol. The summed E-state index contributed by atoms with van der Waals surface area (Å²) in [5.41, 5.74) is 12.1. The number of amides is 1. The molecule has 2 rings (SSSR count). The van der Waals surface area contributed by atoms with Gasteiger partial charge in [-0.25, -0.2) is 0 Å². The molecule has 1 atom stereocenters. The highest BCUT2D eigenvalue weighted by Gasteiger charge is 2.20. The average Bonchev–Trinajstić information content (AvgIpc) is 2.46. The molecule has 0 radical (unpaired) electrons. The van der Waals surface area contributed by atoms with Crippen LogP contribution in [0.3, 0.4) is 0 Å². The first kappa shape index (κ1) is 16.0. The number of hydrogen-bond donors (Lipinski definition) is 2. The van der Waals surface area contributed by atoms with Crippen LogP contribution in [0.25, 0.3) is 0 Å². The van der Waals surface area contributed by atoms with Crippen LogP contribution in [0.15, 0.2) is 35.5 Å². The van der Waals surface area contributed by atoms with Crippen molar-refractivity contribution in [3.05, 3.63) is 35.9 Å². The second kappa shape index (κ2) is 7.08. The fourth-order valence-corrected chi connectivity index (χ4v) is 2.78. The van der Waals surface area contributed by atoms with E-state index < -0.39 is 0 Å². The maximum Gasteiger partial charge on any atom is 0.235 e. The Morgan fingerprint density at radius 3 is 2.36 bits per heavy atom. The van der Waals surface area contributed by atoms with Gasteiger partial charge in [-0.05, 0) is 12.5 Å². The molecule has 7 nitrogen and oxygen atoms in total. The van der Waals surface area contributed by atoms with E-state index in [4.69, 9.17) is 11.5 Å². The Morgan fingerprint density at radius 2 is 1.77 bits per heavy atom. The van der Waals surface area contributed by atoms with Crippen molar-refractivity contribution in [3.8, 4) is 0 Å². The molecule has 0 bridgehead atoms. The second-order valence-electron chi connectivity index (χ2n) is 4.77. The van der Waals surface area contributed by atoms with Crippen LogP contribution in [0.1, 0.15) is 12.5 Å². The summed E-state index contributed by atoms with van der Waals surface area (Å²) in [6, 6.07) is 9.80. The molecule has 2 aromatic rings. The van der Waals surface area contributed by atoms with E-state index >= 15 is 0 Å². The van der Waals surface area contributed by atoms with Gasteiger partial charge in [-0.1, -0.05) is 42.1 Å². The van der Waals surface area contributed by atoms with Gasteiger partial charge in [0.2, 0.25) is 17.8 Å². The Morgan fingerprint density at radius 1 is 1.18 bits per heavy atom. The highest BCUT2D eigenvalue weighted by atomic mass is 32.2. The molecule has 1 heterocycles. The summed E-state index contributed by atoms with van der Waals surface area (Å²) in [5.74, 6) is 0.0750. The lowest BCUT2D eigenvalue weighted by Gasteiger charge is -2.20. The molecule has 0 aliphatic carbocycles. The standard InChI is InChI=1S/C14H18N6OS/c1-9(22-14-18-12(15)17-13(16)19-14)11(21)20(2)8-10-6-4-3-5-7-10/h3-7,9H,8H2,1-2H3,(H4,15,16,17,18,19). The number of carbonyl (C=O) groups is 1. The molecule has 0 fully saturated rings. The number of rotatable bonds is 5. The summed E-state index contributed by atoms with van der Waals surface area (Å²) in [5, 5.41) is -0.00567. The number of thioether (sulfide) groups is 1. The Bertz CT molecular complexity index is 631. The van der Waals surface area contributed by atoms with Crippen molar-refractivity contribution in [3.63, 3.8) is 0 Å². The highest BCUT2D eigenvalue weighted by molar-refractivity contribution is 8.00. The zero-order chi connectivity index (χ0) is 16.1. The third kappa shape index (κ3) is 4.32. The minimum atomic E-state index is -0.352. The van der Waals surface area contributed by atoms with E-state index in [1.165, 1.54) is 11.8 Å². The molecule has 0 aliphatic heterocycles. The van der Waals surface area contributed by atoms with Gasteiger partial charge in [0.05, 0.1) is 5.25 Å². The van der Waals surface area contributed by atoms with E-state index in [2.05, 4.69) is 15.0 Å². The predicted octanol–water partition coefficient (Wildman–Crippen LogP) is 1.18. The Labute approximate surface area is 133 Å². The van der Waals surface area contributed by atoms with Gasteiger partial charge >= 0.3 is 0 Å². The van der Waals surface area contributed by atoms with Gasteiger partial charge < -0.3 is 16.4 Å². The summed E-state index contributed by atoms with van der Waals surface area (Å²) in [6.45, 7) is 2.34. The number of anilines is 2. The van der Waals surface area contributed by atoms with Gasteiger partial charge in [0.1, 0.15) is 0 Å². The largest absolute Gasteiger partial charge is 0.368 e. The first-order chi connectivity index (χ1) is 10.5. The van der Waals surface area contributed by atoms with E-state index in [9.17, 15) is 4.79 Å². The molecular formula is C14H18N6OS. The Hall–Kier alpha value is -2.35. The summed E-state index contributed by atoms with van der Waals surface area (Å²) in [4.78, 5) is 25.7. The highest BCUT2D eigenvalue weighted by Crippen LogP contribution is 2.22. The molecule has 0 aliphatic rings. The van der Waals surface area contributed by atoms with Crippen molar-refractivity contribution in [1.29, 1.82) is 0 Å². The molecular weight excluding hydrogens is 300 g/mol. The Balaban J connectivity index is 1.99. The molecule has 8 heteroatoms. The fourth-order valence-electron chi connectivity index (χ4n) is 1.90. The minimum Gasteiger partial charge on any atom is -0.368 e. The normalized spacial score (nSPS) is 11.9. The van der Waals surface area contributed by atoms with Crippen molar-refractivity contribution in [1.82, 2.24) is 19.9 Å². The zero-order valence-corrected chi connectivity index (χ0v) is 13.2. The van der Waals surface area contributed by atoms with Crippen LogP contribution in [-0.2, 0) is 11.3 Å². The Kier molecular flexibility index (Phi) is 5.16. The van der Waals surface area contributed by atoms with Crippen LogP contribution in [-0.4, -0.2) is 38.1 Å². The summed E-state index contributed by atoms with van der Waals surface area (Å²) >= 11 is 1.21. The lowest BCUT2D eigenvalue weighted by Crippen LogP contribution is -2.32. The molecule has 0 spiro atoms. The first-order valence-electron chi connectivity index (χ1n) is 6.68. The van der Waals surface area contributed by atoms with Crippen LogP contribution in [0.2, 0.25) is 0 Å². The predicted molar refractivity (Wildman–Crippen MR) is 86.9 cm³/mol. The number of nitrogens with zero attached hydrogens (tertiary/aromatic N) is 4. The molecule has 1 amide bonds. The van der Waals surface area contributed by atoms with E-state index in [0.717, 1.165) is 5.56 Å². The molecule has 1 aromatic heterocycles. The van der Waals surface area contributed by atoms with E-state index in [1.807, 2.05) is 30.3 Å². The van der Waals surface area contributed by atoms with Crippen molar-refractivity contribution in [2.75, 3.05) is 18.5 Å². The van der Waals surface area contributed by atoms with Crippen molar-refractivity contribution in [2.45, 2.75) is 23.9 Å². The van der Waals surface area contributed by atoms with Crippen molar-refractivity contribution in [2.24, 2.45) is 0 Å². The second-order valence-corrected chi connectivity index (χ2v) is 6.08. The first-order valence-corrected chi connectivity index (χ1v) is 7.56. The SMILES string of the molecule is CC(Sc1nc(N)nc(N)n1)C(=O)N(C)Cc1ccccc1. The van der Waals surface area contributed by atoms with Crippen LogP contribution in [0.5, 0.6) is 0 Å². The van der Waals surface area contributed by atoms with Crippen LogP contribution < -0.4 is 11.5 Å². The van der Waals surface area contributed by atoms with Gasteiger partial charge in [0, 0.05) is 13.6 Å². The van der Waals surface area contributed by atoms with E-state index in [0.29, 0.717) is 11.7 Å². The number of benzene rings is 1. The number of hydrogen-bond acceptors (Lipinski definition) is 7. The number of nitrogens with two attached hydrogens (primary N) is 2. The van der Waals surface area contributed by atoms with Gasteiger partial charge in [0.15, 0.2) is 5.16 Å². The van der Waals surface area contributed by atoms with E-state index in [-0.39, 0.29) is 23.1 Å². The van der Waals surface area contributed by atoms with E-state index in [1.54, 1.807) is 18.9 Å². The van der Waals surface area contributed by atoms with Gasteiger partial charge in [-0.15, -0.1) is 0 Å². The molecule has 116 valence electrons. The number of nitrogen functional groups attached to an aromatic ring is 2. The number of aromatic nitrogens is 3. The topological polar surface area (TPSA) is 111 Å². The van der Waals surface area contributed by atoms with Crippen LogP contribution >= 0.6 is 11.8 Å². The van der Waals surface area contributed by atoms with Crippen LogP contribution in [0, 0.1) is 0 Å². The van der Waals surface area contributed by atoms with Crippen molar-refractivity contribution < 1.29 is 4.79 Å². The quantitative estimate of drug-likeness (QED) is 0.796. The molecule has 0 saturated heterocycles. The maximum absolute atomic E-state index is 12.4. The van der Waals surface area contributed by atoms with Gasteiger partial charge in [-0.2, -0.15) is 15.0 Å². The zero-order valence-electron chi connectivity index (χ0n) is 12.4. The summed E-state index contributed by atoms with van der Waals surface area (Å²) < 4.78 is 0. The molecule has 4 N–H and O–H groups in total. The molecule has 22 heavy (non-hydrogen) atoms. The van der Waals surface area contributed by atoms with Crippen molar-refractivity contribution >= 4 is 29.6 Å². The lowest BCUT2D eigenvalue weighted by molar-refractivity contribution is -0.129. The van der Waals surface area contributed by atoms with Crippen LogP contribution in [0.4, 0.5) is 11.9 Å². The summed E-state index contributed by atoms with van der Waals surface area (Å²) in [7, 11) is 1.77. The summed E-state index contributed by atoms with van der Waals surface area (Å²) in [6.07, 6.45) is 0.